The maximum Gasteiger partial charge on any atom is 0.0234 e. The molecule has 1 saturated heterocycles. The molecule has 0 amide bonds. The van der Waals surface area contributed by atoms with Crippen molar-refractivity contribution in [3.8, 4) is 0 Å². The first kappa shape index (κ1) is 25.2. The van der Waals surface area contributed by atoms with Crippen LogP contribution in [0.25, 0.3) is 0 Å². The molecule has 0 saturated carbocycles. The van der Waals surface area contributed by atoms with Crippen LogP contribution in [0.1, 0.15) is 5.56 Å². The van der Waals surface area contributed by atoms with Gasteiger partial charge in [0.1, 0.15) is 0 Å². The van der Waals surface area contributed by atoms with Crippen molar-refractivity contribution in [3.05, 3.63) is 157 Å². The van der Waals surface area contributed by atoms with E-state index in [0.29, 0.717) is 11.3 Å². The first-order valence-corrected chi connectivity index (χ1v) is 16.2. The molecule has 1 fully saturated rings. The molecular weight excluding hydrogens is 496 g/mol. The first-order valence-electron chi connectivity index (χ1n) is 13.4. The highest BCUT2D eigenvalue weighted by molar-refractivity contribution is 7.77. The molecule has 0 radical (unpaired) electrons. The molecule has 1 aliphatic rings. The number of rotatable bonds is 8. The summed E-state index contributed by atoms with van der Waals surface area (Å²) in [6.07, 6.45) is 0. The minimum Gasteiger partial charge on any atom is -0.298 e. The van der Waals surface area contributed by atoms with Gasteiger partial charge in [-0.2, -0.15) is 0 Å². The van der Waals surface area contributed by atoms with Crippen LogP contribution in [0.5, 0.6) is 0 Å². The van der Waals surface area contributed by atoms with Gasteiger partial charge in [0.15, 0.2) is 0 Å². The molecule has 0 aliphatic carbocycles. The van der Waals surface area contributed by atoms with Crippen molar-refractivity contribution in [2.75, 3.05) is 13.1 Å². The second-order valence-corrected chi connectivity index (χ2v) is 14.8. The number of hydrogen-bond donors (Lipinski definition) is 0. The molecule has 1 nitrogen and oxygen atoms in total. The summed E-state index contributed by atoms with van der Waals surface area (Å²) >= 11 is 0. The molecule has 38 heavy (non-hydrogen) atoms. The second-order valence-electron chi connectivity index (χ2n) is 9.90. The van der Waals surface area contributed by atoms with Crippen LogP contribution in [0.2, 0.25) is 0 Å². The minimum absolute atomic E-state index is 0.531. The van der Waals surface area contributed by atoms with E-state index in [-0.39, 0.29) is 0 Å². The zero-order valence-corrected chi connectivity index (χ0v) is 23.3. The van der Waals surface area contributed by atoms with Gasteiger partial charge in [-0.05, 0) is 42.6 Å². The molecule has 0 spiro atoms. The fourth-order valence-electron chi connectivity index (χ4n) is 5.74. The Kier molecular flexibility index (Phi) is 8.09. The third-order valence-corrected chi connectivity index (χ3v) is 13.4. The minimum atomic E-state index is -0.531. The van der Waals surface area contributed by atoms with Gasteiger partial charge in [-0.15, -0.1) is 0 Å². The molecule has 188 valence electrons. The molecular formula is C35H33NP2. The number of benzene rings is 5. The van der Waals surface area contributed by atoms with Crippen molar-refractivity contribution in [2.45, 2.75) is 17.9 Å². The van der Waals surface area contributed by atoms with E-state index in [4.69, 9.17) is 0 Å². The van der Waals surface area contributed by atoms with Crippen molar-refractivity contribution >= 4 is 37.1 Å². The molecule has 6 rings (SSSR count). The maximum absolute atomic E-state index is 2.73. The van der Waals surface area contributed by atoms with Gasteiger partial charge in [-0.3, -0.25) is 4.90 Å². The smallest absolute Gasteiger partial charge is 0.0234 e. The molecule has 1 aliphatic heterocycles. The third-order valence-electron chi connectivity index (χ3n) is 7.38. The van der Waals surface area contributed by atoms with E-state index in [9.17, 15) is 0 Å². The molecule has 0 unspecified atom stereocenters. The fraction of sp³-hybridized carbons (Fsp3) is 0.143. The van der Waals surface area contributed by atoms with Gasteiger partial charge in [0.05, 0.1) is 0 Å². The van der Waals surface area contributed by atoms with E-state index in [1.807, 2.05) is 0 Å². The van der Waals surface area contributed by atoms with E-state index in [2.05, 4.69) is 157 Å². The predicted molar refractivity (Wildman–Crippen MR) is 167 cm³/mol. The highest BCUT2D eigenvalue weighted by Gasteiger charge is 2.43. The number of nitrogens with zero attached hydrogens (tertiary/aromatic N) is 1. The molecule has 5 aromatic carbocycles. The quantitative estimate of drug-likeness (QED) is 0.207. The Labute approximate surface area is 229 Å². The monoisotopic (exact) mass is 529 g/mol. The lowest BCUT2D eigenvalue weighted by Crippen LogP contribution is -2.34. The summed E-state index contributed by atoms with van der Waals surface area (Å²) in [7, 11) is -1.06. The summed E-state index contributed by atoms with van der Waals surface area (Å²) in [5, 5.41) is 5.95. The first-order chi connectivity index (χ1) is 18.9. The number of hydrogen-bond acceptors (Lipinski definition) is 1. The topological polar surface area (TPSA) is 3.24 Å². The van der Waals surface area contributed by atoms with Crippen LogP contribution in [0.4, 0.5) is 0 Å². The summed E-state index contributed by atoms with van der Waals surface area (Å²) in [4.78, 5) is 2.73. The lowest BCUT2D eigenvalue weighted by Gasteiger charge is -2.34. The summed E-state index contributed by atoms with van der Waals surface area (Å²) in [6.45, 7) is 3.24. The van der Waals surface area contributed by atoms with E-state index < -0.39 is 15.8 Å². The molecule has 1 heterocycles. The van der Waals surface area contributed by atoms with Crippen molar-refractivity contribution in [2.24, 2.45) is 0 Å². The normalized spacial score (nSPS) is 17.7. The van der Waals surface area contributed by atoms with Crippen LogP contribution in [0, 0.1) is 0 Å². The number of likely N-dealkylation sites (tertiary alicyclic amines) is 1. The summed E-state index contributed by atoms with van der Waals surface area (Å²) in [5.41, 5.74) is 2.52. The van der Waals surface area contributed by atoms with E-state index in [0.717, 1.165) is 19.6 Å². The van der Waals surface area contributed by atoms with Gasteiger partial charge in [0.2, 0.25) is 0 Å². The highest BCUT2D eigenvalue weighted by Crippen LogP contribution is 2.54. The molecule has 0 aromatic heterocycles. The standard InChI is InChI=1S/C35H33NP2/c1-6-16-29(17-7-1)26-36-27-34(37(30-18-8-2-9-19-30)31-20-10-3-11-21-31)35(28-36)38(32-22-12-4-13-23-32)33-24-14-5-15-25-33/h1-25,34-35H,26-28H2/t34-,35-/m1/s1. The Morgan fingerprint density at radius 1 is 0.421 bits per heavy atom. The Morgan fingerprint density at radius 3 is 1.03 bits per heavy atom. The van der Waals surface area contributed by atoms with Gasteiger partial charge < -0.3 is 0 Å². The second kappa shape index (κ2) is 12.2. The lowest BCUT2D eigenvalue weighted by atomic mass is 10.2. The summed E-state index contributed by atoms with van der Waals surface area (Å²) < 4.78 is 0. The van der Waals surface area contributed by atoms with Crippen molar-refractivity contribution < 1.29 is 0 Å². The van der Waals surface area contributed by atoms with E-state index in [1.54, 1.807) is 0 Å². The molecule has 2 atom stereocenters. The zero-order chi connectivity index (χ0) is 25.6. The molecule has 0 N–H and O–H groups in total. The fourth-order valence-corrected chi connectivity index (χ4v) is 12.3. The van der Waals surface area contributed by atoms with Gasteiger partial charge in [-0.25, -0.2) is 0 Å². The average Bonchev–Trinajstić information content (AvgIpc) is 3.38. The van der Waals surface area contributed by atoms with Crippen LogP contribution in [0.15, 0.2) is 152 Å². The van der Waals surface area contributed by atoms with Crippen molar-refractivity contribution in [3.63, 3.8) is 0 Å². The summed E-state index contributed by atoms with van der Waals surface area (Å²) in [5.74, 6) is 0. The SMILES string of the molecule is c1ccc(CN2C[C@@H](P(c3ccccc3)c3ccccc3)[C@H](P(c3ccccc3)c3ccccc3)C2)cc1. The Balaban J connectivity index is 1.47. The largest absolute Gasteiger partial charge is 0.298 e. The lowest BCUT2D eigenvalue weighted by molar-refractivity contribution is 0.333. The molecule has 5 aromatic rings. The zero-order valence-electron chi connectivity index (χ0n) is 21.6. The van der Waals surface area contributed by atoms with E-state index in [1.165, 1.54) is 26.8 Å². The van der Waals surface area contributed by atoms with Crippen molar-refractivity contribution in [1.82, 2.24) is 4.90 Å². The molecule has 0 bridgehead atoms. The maximum atomic E-state index is 2.73. The van der Waals surface area contributed by atoms with Crippen LogP contribution in [-0.4, -0.2) is 29.3 Å². The summed E-state index contributed by atoms with van der Waals surface area (Å²) in [6, 6.07) is 56.3. The van der Waals surface area contributed by atoms with Crippen LogP contribution in [-0.2, 0) is 6.54 Å². The Morgan fingerprint density at radius 2 is 0.711 bits per heavy atom. The predicted octanol–water partition coefficient (Wildman–Crippen LogP) is 6.51. The Hall–Kier alpha value is -3.08. The van der Waals surface area contributed by atoms with Crippen LogP contribution in [0.3, 0.4) is 0 Å². The van der Waals surface area contributed by atoms with Gasteiger partial charge >= 0.3 is 0 Å². The van der Waals surface area contributed by atoms with E-state index >= 15 is 0 Å². The molecule has 3 heteroatoms. The average molecular weight is 530 g/mol. The van der Waals surface area contributed by atoms with Gasteiger partial charge in [0.25, 0.3) is 0 Å². The highest BCUT2D eigenvalue weighted by atomic mass is 31.1. The van der Waals surface area contributed by atoms with Crippen LogP contribution >= 0.6 is 15.8 Å². The van der Waals surface area contributed by atoms with Gasteiger partial charge in [0, 0.05) is 31.0 Å². The Bertz CT molecular complexity index is 1230. The third kappa shape index (κ3) is 5.67. The van der Waals surface area contributed by atoms with Crippen molar-refractivity contribution in [1.29, 1.82) is 0 Å². The van der Waals surface area contributed by atoms with Gasteiger partial charge in [-0.1, -0.05) is 152 Å². The van der Waals surface area contributed by atoms with Crippen LogP contribution < -0.4 is 21.2 Å².